The van der Waals surface area contributed by atoms with E-state index in [2.05, 4.69) is 5.10 Å². The Balaban J connectivity index is 2.32. The standard InChI is InChI=1S/C13H18N2O2S/c1-10-4-5-12(18-10)13(2,16)11-6-7-14-15(11)8-9-17-3/h4-7,16H,8-9H2,1-3H3. The molecule has 98 valence electrons. The van der Waals surface area contributed by atoms with E-state index >= 15 is 0 Å². The van der Waals surface area contributed by atoms with Gasteiger partial charge in [0.05, 0.1) is 18.8 Å². The van der Waals surface area contributed by atoms with Crippen LogP contribution in [0.5, 0.6) is 0 Å². The Morgan fingerprint density at radius 2 is 2.22 bits per heavy atom. The molecule has 1 unspecified atom stereocenters. The molecule has 2 aromatic heterocycles. The Hall–Kier alpha value is -1.17. The Morgan fingerprint density at radius 1 is 1.44 bits per heavy atom. The molecule has 0 saturated heterocycles. The van der Waals surface area contributed by atoms with Gasteiger partial charge in [-0.1, -0.05) is 0 Å². The van der Waals surface area contributed by atoms with Gasteiger partial charge >= 0.3 is 0 Å². The third kappa shape index (κ3) is 2.48. The van der Waals surface area contributed by atoms with Crippen molar-refractivity contribution in [2.45, 2.75) is 26.0 Å². The number of aromatic nitrogens is 2. The zero-order valence-corrected chi connectivity index (χ0v) is 11.7. The summed E-state index contributed by atoms with van der Waals surface area (Å²) < 4.78 is 6.84. The summed E-state index contributed by atoms with van der Waals surface area (Å²) in [6.07, 6.45) is 1.71. The van der Waals surface area contributed by atoms with E-state index in [0.29, 0.717) is 13.2 Å². The second-order valence-electron chi connectivity index (χ2n) is 4.41. The van der Waals surface area contributed by atoms with Gasteiger partial charge in [-0.2, -0.15) is 5.10 Å². The van der Waals surface area contributed by atoms with E-state index in [1.165, 1.54) is 4.88 Å². The van der Waals surface area contributed by atoms with Gasteiger partial charge in [-0.05, 0) is 32.0 Å². The van der Waals surface area contributed by atoms with Crippen LogP contribution in [0.2, 0.25) is 0 Å². The molecule has 2 rings (SSSR count). The predicted octanol–water partition coefficient (Wildman–Crippen LogP) is 2.16. The summed E-state index contributed by atoms with van der Waals surface area (Å²) in [4.78, 5) is 2.12. The number of thiophene rings is 1. The number of nitrogens with zero attached hydrogens (tertiary/aromatic N) is 2. The zero-order chi connectivity index (χ0) is 13.2. The van der Waals surface area contributed by atoms with Crippen LogP contribution in [0.25, 0.3) is 0 Å². The topological polar surface area (TPSA) is 47.3 Å². The molecule has 0 saturated carbocycles. The molecular weight excluding hydrogens is 248 g/mol. The second-order valence-corrected chi connectivity index (χ2v) is 5.70. The fourth-order valence-corrected chi connectivity index (χ4v) is 2.85. The summed E-state index contributed by atoms with van der Waals surface area (Å²) in [5.74, 6) is 0. The molecular formula is C13H18N2O2S. The minimum atomic E-state index is -1.01. The molecule has 1 N–H and O–H groups in total. The molecule has 0 spiro atoms. The van der Waals surface area contributed by atoms with Crippen LogP contribution in [0.3, 0.4) is 0 Å². The van der Waals surface area contributed by atoms with E-state index in [9.17, 15) is 5.11 Å². The van der Waals surface area contributed by atoms with Gasteiger partial charge in [0.1, 0.15) is 5.60 Å². The van der Waals surface area contributed by atoms with E-state index in [4.69, 9.17) is 4.74 Å². The number of hydrogen-bond acceptors (Lipinski definition) is 4. The number of aliphatic hydroxyl groups is 1. The Morgan fingerprint density at radius 3 is 2.83 bits per heavy atom. The second kappa shape index (κ2) is 5.22. The molecule has 0 bridgehead atoms. The SMILES string of the molecule is COCCn1nccc1C(C)(O)c1ccc(C)s1. The van der Waals surface area contributed by atoms with Gasteiger partial charge in [-0.25, -0.2) is 0 Å². The number of ether oxygens (including phenoxy) is 1. The maximum absolute atomic E-state index is 10.7. The number of methoxy groups -OCH3 is 1. The monoisotopic (exact) mass is 266 g/mol. The molecule has 4 nitrogen and oxygen atoms in total. The molecule has 0 aliphatic rings. The lowest BCUT2D eigenvalue weighted by Gasteiger charge is -2.23. The summed E-state index contributed by atoms with van der Waals surface area (Å²) in [6.45, 7) is 5.05. The first kappa shape index (κ1) is 13.3. The fourth-order valence-electron chi connectivity index (χ4n) is 1.92. The average Bonchev–Trinajstić information content (AvgIpc) is 2.95. The first-order valence-electron chi connectivity index (χ1n) is 5.86. The van der Waals surface area contributed by atoms with Gasteiger partial charge in [-0.15, -0.1) is 11.3 Å². The van der Waals surface area contributed by atoms with Crippen molar-refractivity contribution in [2.75, 3.05) is 13.7 Å². The lowest BCUT2D eigenvalue weighted by atomic mass is 10.0. The Kier molecular flexibility index (Phi) is 3.85. The zero-order valence-electron chi connectivity index (χ0n) is 10.9. The summed E-state index contributed by atoms with van der Waals surface area (Å²) >= 11 is 1.60. The highest BCUT2D eigenvalue weighted by molar-refractivity contribution is 7.12. The summed E-state index contributed by atoms with van der Waals surface area (Å²) in [5, 5.41) is 15.0. The molecule has 0 amide bonds. The van der Waals surface area contributed by atoms with E-state index < -0.39 is 5.60 Å². The quantitative estimate of drug-likeness (QED) is 0.902. The third-order valence-corrected chi connectivity index (χ3v) is 4.15. The fraction of sp³-hybridized carbons (Fsp3) is 0.462. The van der Waals surface area contributed by atoms with Crippen LogP contribution in [0.4, 0.5) is 0 Å². The van der Waals surface area contributed by atoms with Crippen molar-refractivity contribution in [3.8, 4) is 0 Å². The van der Waals surface area contributed by atoms with Crippen molar-refractivity contribution in [3.05, 3.63) is 39.8 Å². The Labute approximate surface area is 111 Å². The van der Waals surface area contributed by atoms with Gasteiger partial charge in [0.15, 0.2) is 0 Å². The Bertz CT molecular complexity index is 517. The highest BCUT2D eigenvalue weighted by Crippen LogP contribution is 2.33. The molecule has 5 heteroatoms. The summed E-state index contributed by atoms with van der Waals surface area (Å²) in [7, 11) is 1.66. The molecule has 0 aliphatic carbocycles. The van der Waals surface area contributed by atoms with E-state index in [1.807, 2.05) is 25.1 Å². The van der Waals surface area contributed by atoms with Gasteiger partial charge < -0.3 is 9.84 Å². The lowest BCUT2D eigenvalue weighted by molar-refractivity contribution is 0.0919. The van der Waals surface area contributed by atoms with Crippen LogP contribution in [0.1, 0.15) is 22.4 Å². The first-order valence-corrected chi connectivity index (χ1v) is 6.68. The average molecular weight is 266 g/mol. The molecule has 0 aliphatic heterocycles. The number of hydrogen-bond donors (Lipinski definition) is 1. The number of aryl methyl sites for hydroxylation is 1. The molecule has 0 aromatic carbocycles. The van der Waals surface area contributed by atoms with E-state index in [0.717, 1.165) is 10.6 Å². The summed E-state index contributed by atoms with van der Waals surface area (Å²) in [5.41, 5.74) is -0.218. The molecule has 2 aromatic rings. The molecule has 2 heterocycles. The van der Waals surface area contributed by atoms with Crippen LogP contribution in [-0.2, 0) is 16.9 Å². The first-order chi connectivity index (χ1) is 8.55. The van der Waals surface area contributed by atoms with Crippen molar-refractivity contribution in [2.24, 2.45) is 0 Å². The smallest absolute Gasteiger partial charge is 0.137 e. The van der Waals surface area contributed by atoms with Gasteiger partial charge in [0.2, 0.25) is 0 Å². The van der Waals surface area contributed by atoms with Crippen LogP contribution >= 0.6 is 11.3 Å². The third-order valence-electron chi connectivity index (χ3n) is 2.94. The molecule has 0 fully saturated rings. The molecule has 18 heavy (non-hydrogen) atoms. The van der Waals surface area contributed by atoms with Crippen LogP contribution in [0, 0.1) is 6.92 Å². The van der Waals surface area contributed by atoms with Crippen LogP contribution < -0.4 is 0 Å². The minimum Gasteiger partial charge on any atom is -0.383 e. The lowest BCUT2D eigenvalue weighted by Crippen LogP contribution is -2.26. The molecule has 0 radical (unpaired) electrons. The summed E-state index contributed by atoms with van der Waals surface area (Å²) in [6, 6.07) is 5.84. The number of rotatable bonds is 5. The van der Waals surface area contributed by atoms with Gasteiger partial charge in [0, 0.05) is 23.1 Å². The van der Waals surface area contributed by atoms with E-state index in [1.54, 1.807) is 36.2 Å². The minimum absolute atomic E-state index is 0.578. The van der Waals surface area contributed by atoms with E-state index in [-0.39, 0.29) is 0 Å². The van der Waals surface area contributed by atoms with Crippen molar-refractivity contribution >= 4 is 11.3 Å². The predicted molar refractivity (Wildman–Crippen MR) is 71.8 cm³/mol. The van der Waals surface area contributed by atoms with Crippen molar-refractivity contribution < 1.29 is 9.84 Å². The largest absolute Gasteiger partial charge is 0.383 e. The van der Waals surface area contributed by atoms with Crippen LogP contribution in [0.15, 0.2) is 24.4 Å². The normalized spacial score (nSPS) is 14.7. The van der Waals surface area contributed by atoms with Crippen molar-refractivity contribution in [3.63, 3.8) is 0 Å². The van der Waals surface area contributed by atoms with Gasteiger partial charge in [0.25, 0.3) is 0 Å². The van der Waals surface area contributed by atoms with Gasteiger partial charge in [-0.3, -0.25) is 4.68 Å². The van der Waals surface area contributed by atoms with Crippen molar-refractivity contribution in [1.82, 2.24) is 9.78 Å². The maximum atomic E-state index is 10.7. The van der Waals surface area contributed by atoms with Crippen molar-refractivity contribution in [1.29, 1.82) is 0 Å². The van der Waals surface area contributed by atoms with Crippen LogP contribution in [-0.4, -0.2) is 28.6 Å². The maximum Gasteiger partial charge on any atom is 0.137 e. The highest BCUT2D eigenvalue weighted by Gasteiger charge is 2.30. The molecule has 1 atom stereocenters. The highest BCUT2D eigenvalue weighted by atomic mass is 32.1.